The monoisotopic (exact) mass is 206 g/mol. The molecule has 1 aliphatic rings. The number of halogens is 1. The Labute approximate surface area is 88.4 Å². The van der Waals surface area contributed by atoms with Gasteiger partial charge >= 0.3 is 0 Å². The van der Waals surface area contributed by atoms with E-state index in [9.17, 15) is 4.79 Å². The molecule has 0 amide bonds. The first kappa shape index (κ1) is 9.47. The smallest absolute Gasteiger partial charge is 0.124 e. The number of rotatable bonds is 2. The normalized spacial score (nSPS) is 14.5. The Morgan fingerprint density at radius 1 is 1.36 bits per heavy atom. The van der Waals surface area contributed by atoms with Crippen molar-refractivity contribution in [1.82, 2.24) is 0 Å². The van der Waals surface area contributed by atoms with Crippen molar-refractivity contribution in [3.8, 4) is 0 Å². The quantitative estimate of drug-likeness (QED) is 0.679. The number of carbonyl (C=O) groups is 1. The molecule has 2 heteroatoms. The second kappa shape index (κ2) is 3.97. The molecule has 14 heavy (non-hydrogen) atoms. The molecule has 0 heterocycles. The Bertz CT molecular complexity index is 393. The summed E-state index contributed by atoms with van der Waals surface area (Å²) >= 11 is 6.07. The minimum Gasteiger partial charge on any atom is -0.303 e. The van der Waals surface area contributed by atoms with Crippen LogP contribution in [-0.2, 0) is 11.2 Å². The summed E-state index contributed by atoms with van der Waals surface area (Å²) in [4.78, 5) is 10.4. The standard InChI is InChI=1S/C12H11ClO/c13-12-3-1-2-10-8-9(6-7-14)4-5-11(10)12/h1-3,7-8H,4-6H2. The van der Waals surface area contributed by atoms with Crippen molar-refractivity contribution >= 4 is 24.0 Å². The van der Waals surface area contributed by atoms with Crippen LogP contribution in [0.1, 0.15) is 24.0 Å². The Balaban J connectivity index is 2.39. The summed E-state index contributed by atoms with van der Waals surface area (Å²) in [5.41, 5.74) is 3.58. The van der Waals surface area contributed by atoms with Gasteiger partial charge in [-0.3, -0.25) is 0 Å². The van der Waals surface area contributed by atoms with Crippen LogP contribution in [0.15, 0.2) is 23.8 Å². The van der Waals surface area contributed by atoms with E-state index in [1.54, 1.807) is 0 Å². The van der Waals surface area contributed by atoms with E-state index >= 15 is 0 Å². The highest BCUT2D eigenvalue weighted by atomic mass is 35.5. The Hall–Kier alpha value is -1.08. The molecule has 0 N–H and O–H groups in total. The van der Waals surface area contributed by atoms with E-state index in [1.807, 2.05) is 18.2 Å². The molecular weight excluding hydrogens is 196 g/mol. The highest BCUT2D eigenvalue weighted by molar-refractivity contribution is 6.31. The Morgan fingerprint density at radius 3 is 3.00 bits per heavy atom. The summed E-state index contributed by atoms with van der Waals surface area (Å²) in [6, 6.07) is 5.91. The predicted molar refractivity (Wildman–Crippen MR) is 58.4 cm³/mol. The molecule has 0 fully saturated rings. The topological polar surface area (TPSA) is 17.1 Å². The third-order valence-corrected chi connectivity index (χ3v) is 2.91. The van der Waals surface area contributed by atoms with Crippen molar-refractivity contribution in [2.75, 3.05) is 0 Å². The lowest BCUT2D eigenvalue weighted by Crippen LogP contribution is -2.00. The predicted octanol–water partition coefficient (Wildman–Crippen LogP) is 3.26. The third kappa shape index (κ3) is 1.73. The summed E-state index contributed by atoms with van der Waals surface area (Å²) in [6.07, 6.45) is 5.50. The minimum atomic E-state index is 0.548. The number of benzene rings is 1. The number of allylic oxidation sites excluding steroid dienone is 1. The number of aldehydes is 1. The van der Waals surface area contributed by atoms with Gasteiger partial charge in [0.2, 0.25) is 0 Å². The van der Waals surface area contributed by atoms with Crippen LogP contribution in [-0.4, -0.2) is 6.29 Å². The first-order chi connectivity index (χ1) is 6.81. The summed E-state index contributed by atoms with van der Waals surface area (Å²) in [7, 11) is 0. The van der Waals surface area contributed by atoms with Crippen LogP contribution >= 0.6 is 11.6 Å². The van der Waals surface area contributed by atoms with Gasteiger partial charge < -0.3 is 4.79 Å². The molecule has 1 aliphatic carbocycles. The van der Waals surface area contributed by atoms with Crippen molar-refractivity contribution in [1.29, 1.82) is 0 Å². The number of carbonyl (C=O) groups excluding carboxylic acids is 1. The van der Waals surface area contributed by atoms with Gasteiger partial charge in [0.25, 0.3) is 0 Å². The van der Waals surface area contributed by atoms with Gasteiger partial charge in [0, 0.05) is 11.4 Å². The molecule has 1 aromatic rings. The fourth-order valence-corrected chi connectivity index (χ4v) is 2.10. The maximum absolute atomic E-state index is 10.4. The fraction of sp³-hybridized carbons (Fsp3) is 0.250. The van der Waals surface area contributed by atoms with E-state index in [-0.39, 0.29) is 0 Å². The maximum Gasteiger partial charge on any atom is 0.124 e. The van der Waals surface area contributed by atoms with Gasteiger partial charge in [0.1, 0.15) is 6.29 Å². The number of fused-ring (bicyclic) bond motifs is 1. The van der Waals surface area contributed by atoms with Crippen molar-refractivity contribution in [2.45, 2.75) is 19.3 Å². The van der Waals surface area contributed by atoms with E-state index in [0.29, 0.717) is 6.42 Å². The highest BCUT2D eigenvalue weighted by Gasteiger charge is 2.12. The lowest BCUT2D eigenvalue weighted by atomic mass is 9.91. The van der Waals surface area contributed by atoms with Gasteiger partial charge in [-0.1, -0.05) is 35.4 Å². The molecule has 72 valence electrons. The summed E-state index contributed by atoms with van der Waals surface area (Å²) < 4.78 is 0. The fourth-order valence-electron chi connectivity index (χ4n) is 1.82. The van der Waals surface area contributed by atoms with Gasteiger partial charge in [-0.05, 0) is 30.0 Å². The molecule has 0 bridgehead atoms. The lowest BCUT2D eigenvalue weighted by Gasteiger charge is -2.16. The molecule has 1 nitrogen and oxygen atoms in total. The summed E-state index contributed by atoms with van der Waals surface area (Å²) in [6.45, 7) is 0. The minimum absolute atomic E-state index is 0.548. The van der Waals surface area contributed by atoms with Crippen LogP contribution in [0.2, 0.25) is 5.02 Å². The van der Waals surface area contributed by atoms with E-state index in [0.717, 1.165) is 24.2 Å². The van der Waals surface area contributed by atoms with Crippen LogP contribution in [0.25, 0.3) is 6.08 Å². The van der Waals surface area contributed by atoms with Crippen molar-refractivity contribution in [3.05, 3.63) is 39.9 Å². The van der Waals surface area contributed by atoms with Crippen molar-refractivity contribution < 1.29 is 4.79 Å². The molecule has 0 aliphatic heterocycles. The molecule has 1 aromatic carbocycles. The summed E-state index contributed by atoms with van der Waals surface area (Å²) in [5.74, 6) is 0. The van der Waals surface area contributed by atoms with Gasteiger partial charge in [-0.2, -0.15) is 0 Å². The zero-order valence-electron chi connectivity index (χ0n) is 7.79. The first-order valence-electron chi connectivity index (χ1n) is 4.71. The second-order valence-electron chi connectivity index (χ2n) is 3.48. The van der Waals surface area contributed by atoms with Gasteiger partial charge in [0.15, 0.2) is 0 Å². The Kier molecular flexibility index (Phi) is 2.69. The Morgan fingerprint density at radius 2 is 2.21 bits per heavy atom. The van der Waals surface area contributed by atoms with E-state index in [4.69, 9.17) is 11.6 Å². The molecule has 0 saturated heterocycles. The van der Waals surface area contributed by atoms with Crippen LogP contribution < -0.4 is 0 Å². The molecule has 0 radical (unpaired) electrons. The molecular formula is C12H11ClO. The van der Waals surface area contributed by atoms with Crippen molar-refractivity contribution in [3.63, 3.8) is 0 Å². The maximum atomic E-state index is 10.4. The zero-order chi connectivity index (χ0) is 9.97. The van der Waals surface area contributed by atoms with Gasteiger partial charge in [-0.25, -0.2) is 0 Å². The molecule has 2 rings (SSSR count). The van der Waals surface area contributed by atoms with Gasteiger partial charge in [-0.15, -0.1) is 0 Å². The number of hydrogen-bond donors (Lipinski definition) is 0. The molecule has 0 saturated carbocycles. The average molecular weight is 207 g/mol. The van der Waals surface area contributed by atoms with Crippen molar-refractivity contribution in [2.24, 2.45) is 0 Å². The summed E-state index contributed by atoms with van der Waals surface area (Å²) in [5, 5.41) is 0.837. The highest BCUT2D eigenvalue weighted by Crippen LogP contribution is 2.29. The van der Waals surface area contributed by atoms with E-state index in [1.165, 1.54) is 16.7 Å². The van der Waals surface area contributed by atoms with Crippen LogP contribution in [0.4, 0.5) is 0 Å². The van der Waals surface area contributed by atoms with Crippen LogP contribution in [0.3, 0.4) is 0 Å². The van der Waals surface area contributed by atoms with Crippen LogP contribution in [0, 0.1) is 0 Å². The van der Waals surface area contributed by atoms with Crippen LogP contribution in [0.5, 0.6) is 0 Å². The first-order valence-corrected chi connectivity index (χ1v) is 5.09. The number of hydrogen-bond acceptors (Lipinski definition) is 1. The SMILES string of the molecule is O=CCC1=Cc2cccc(Cl)c2CC1. The molecule has 0 unspecified atom stereocenters. The van der Waals surface area contributed by atoms with E-state index < -0.39 is 0 Å². The average Bonchev–Trinajstić information content (AvgIpc) is 2.18. The molecule has 0 atom stereocenters. The zero-order valence-corrected chi connectivity index (χ0v) is 8.55. The van der Waals surface area contributed by atoms with E-state index in [2.05, 4.69) is 6.08 Å². The largest absolute Gasteiger partial charge is 0.303 e. The third-order valence-electron chi connectivity index (χ3n) is 2.56. The van der Waals surface area contributed by atoms with Gasteiger partial charge in [0.05, 0.1) is 0 Å². The molecule has 0 aromatic heterocycles. The molecule has 0 spiro atoms. The lowest BCUT2D eigenvalue weighted by molar-refractivity contribution is -0.107. The second-order valence-corrected chi connectivity index (χ2v) is 3.89.